The van der Waals surface area contributed by atoms with E-state index in [1.807, 2.05) is 38.1 Å². The van der Waals surface area contributed by atoms with Crippen LogP contribution in [0.2, 0.25) is 0 Å². The molecule has 0 atom stereocenters. The molecule has 0 radical (unpaired) electrons. The first-order chi connectivity index (χ1) is 11.5. The van der Waals surface area contributed by atoms with Crippen LogP contribution >= 0.6 is 11.3 Å². The lowest BCUT2D eigenvalue weighted by Gasteiger charge is -2.10. The number of aryl methyl sites for hydroxylation is 3. The zero-order valence-corrected chi connectivity index (χ0v) is 14.8. The number of hydrogen-bond acceptors (Lipinski definition) is 4. The lowest BCUT2D eigenvalue weighted by Crippen LogP contribution is -2.21. The first kappa shape index (κ1) is 16.7. The summed E-state index contributed by atoms with van der Waals surface area (Å²) in [5, 5.41) is 2.79. The van der Waals surface area contributed by atoms with Crippen molar-refractivity contribution in [3.8, 4) is 0 Å². The Labute approximate surface area is 145 Å². The summed E-state index contributed by atoms with van der Waals surface area (Å²) in [4.78, 5) is 26.1. The van der Waals surface area contributed by atoms with Gasteiger partial charge in [0.05, 0.1) is 0 Å². The molecule has 1 aliphatic carbocycles. The van der Waals surface area contributed by atoms with Crippen LogP contribution < -0.4 is 5.32 Å². The van der Waals surface area contributed by atoms with E-state index in [0.29, 0.717) is 4.88 Å². The number of ether oxygens (including phenoxy) is 1. The van der Waals surface area contributed by atoms with E-state index in [0.717, 1.165) is 29.7 Å². The van der Waals surface area contributed by atoms with Gasteiger partial charge in [-0.25, -0.2) is 4.79 Å². The summed E-state index contributed by atoms with van der Waals surface area (Å²) in [5.74, 6) is -0.733. The largest absolute Gasteiger partial charge is 0.451 e. The fourth-order valence-corrected chi connectivity index (χ4v) is 4.01. The molecule has 0 aliphatic heterocycles. The molecule has 1 aromatic carbocycles. The van der Waals surface area contributed by atoms with E-state index in [4.69, 9.17) is 4.74 Å². The third kappa shape index (κ3) is 3.67. The van der Waals surface area contributed by atoms with Gasteiger partial charge in [-0.1, -0.05) is 12.1 Å². The van der Waals surface area contributed by atoms with Gasteiger partial charge in [0.25, 0.3) is 5.91 Å². The Morgan fingerprint density at radius 1 is 1.21 bits per heavy atom. The standard InChI is InChI=1S/C19H21NO3S/c1-12-6-5-8-15(13(12)2)20-18(21)11-23-19(22)17-10-14-7-3-4-9-16(14)24-17/h5-6,8,10H,3-4,7,9,11H2,1-2H3,(H,20,21). The van der Waals surface area contributed by atoms with Crippen LogP contribution in [-0.2, 0) is 22.4 Å². The number of carbonyl (C=O) groups excluding carboxylic acids is 2. The van der Waals surface area contributed by atoms with Crippen LogP contribution in [0.1, 0.15) is 44.1 Å². The highest BCUT2D eigenvalue weighted by molar-refractivity contribution is 7.14. The van der Waals surface area contributed by atoms with E-state index >= 15 is 0 Å². The van der Waals surface area contributed by atoms with Crippen LogP contribution in [0.25, 0.3) is 0 Å². The first-order valence-corrected chi connectivity index (χ1v) is 9.01. The van der Waals surface area contributed by atoms with Crippen molar-refractivity contribution in [3.63, 3.8) is 0 Å². The van der Waals surface area contributed by atoms with Gasteiger partial charge in [0.2, 0.25) is 0 Å². The molecule has 2 aromatic rings. The van der Waals surface area contributed by atoms with Gasteiger partial charge in [-0.3, -0.25) is 4.79 Å². The number of esters is 1. The van der Waals surface area contributed by atoms with E-state index in [1.54, 1.807) is 0 Å². The molecule has 1 aromatic heterocycles. The number of amides is 1. The molecule has 0 saturated heterocycles. The molecule has 1 heterocycles. The van der Waals surface area contributed by atoms with Crippen LogP contribution in [0.3, 0.4) is 0 Å². The second-order valence-corrected chi connectivity index (χ2v) is 7.27. The molecule has 3 rings (SSSR count). The van der Waals surface area contributed by atoms with Crippen molar-refractivity contribution in [2.24, 2.45) is 0 Å². The number of carbonyl (C=O) groups is 2. The van der Waals surface area contributed by atoms with Crippen LogP contribution in [0.5, 0.6) is 0 Å². The van der Waals surface area contributed by atoms with Crippen molar-refractivity contribution in [1.29, 1.82) is 0 Å². The Morgan fingerprint density at radius 2 is 2.00 bits per heavy atom. The number of fused-ring (bicyclic) bond motifs is 1. The summed E-state index contributed by atoms with van der Waals surface area (Å²) in [6.45, 7) is 3.67. The summed E-state index contributed by atoms with van der Waals surface area (Å²) in [7, 11) is 0. The monoisotopic (exact) mass is 343 g/mol. The van der Waals surface area contributed by atoms with Crippen molar-refractivity contribution in [1.82, 2.24) is 0 Å². The molecule has 4 nitrogen and oxygen atoms in total. The van der Waals surface area contributed by atoms with Crippen molar-refractivity contribution >= 4 is 28.9 Å². The number of benzene rings is 1. The zero-order chi connectivity index (χ0) is 17.1. The highest BCUT2D eigenvalue weighted by atomic mass is 32.1. The fourth-order valence-electron chi connectivity index (χ4n) is 2.87. The van der Waals surface area contributed by atoms with Crippen LogP contribution in [0.4, 0.5) is 5.69 Å². The number of rotatable bonds is 4. The average Bonchev–Trinajstić information content (AvgIpc) is 3.01. The number of hydrogen-bond donors (Lipinski definition) is 1. The lowest BCUT2D eigenvalue weighted by atomic mass is 9.99. The topological polar surface area (TPSA) is 55.4 Å². The SMILES string of the molecule is Cc1cccc(NC(=O)COC(=O)c2cc3c(s2)CCCC3)c1C. The van der Waals surface area contributed by atoms with Gasteiger partial charge in [-0.2, -0.15) is 0 Å². The molecule has 1 aliphatic rings. The fraction of sp³-hybridized carbons (Fsp3) is 0.368. The number of nitrogens with one attached hydrogen (secondary N) is 1. The van der Waals surface area contributed by atoms with E-state index in [1.165, 1.54) is 34.6 Å². The maximum Gasteiger partial charge on any atom is 0.348 e. The van der Waals surface area contributed by atoms with Crippen LogP contribution in [-0.4, -0.2) is 18.5 Å². The predicted molar refractivity (Wildman–Crippen MR) is 95.8 cm³/mol. The maximum atomic E-state index is 12.1. The summed E-state index contributed by atoms with van der Waals surface area (Å²) < 4.78 is 5.17. The van der Waals surface area contributed by atoms with Crippen molar-refractivity contribution in [2.45, 2.75) is 39.5 Å². The highest BCUT2D eigenvalue weighted by Crippen LogP contribution is 2.30. The molecule has 126 valence electrons. The molecular formula is C19H21NO3S. The summed E-state index contributed by atoms with van der Waals surface area (Å²) in [5.41, 5.74) is 4.14. The molecule has 1 amide bonds. The predicted octanol–water partition coefficient (Wildman–Crippen LogP) is 4.04. The summed E-state index contributed by atoms with van der Waals surface area (Å²) in [6.07, 6.45) is 4.43. The maximum absolute atomic E-state index is 12.1. The average molecular weight is 343 g/mol. The Balaban J connectivity index is 1.57. The molecule has 1 N–H and O–H groups in total. The van der Waals surface area contributed by atoms with E-state index < -0.39 is 5.97 Å². The minimum Gasteiger partial charge on any atom is -0.451 e. The Bertz CT molecular complexity index is 755. The van der Waals surface area contributed by atoms with Gasteiger partial charge in [0, 0.05) is 10.6 Å². The molecule has 0 fully saturated rings. The van der Waals surface area contributed by atoms with Gasteiger partial charge in [0.1, 0.15) is 4.88 Å². The molecule has 0 unspecified atom stereocenters. The Hall–Kier alpha value is -2.14. The molecular weight excluding hydrogens is 322 g/mol. The quantitative estimate of drug-likeness (QED) is 0.853. The van der Waals surface area contributed by atoms with Gasteiger partial charge in [-0.15, -0.1) is 11.3 Å². The normalized spacial score (nSPS) is 13.2. The molecule has 5 heteroatoms. The van der Waals surface area contributed by atoms with Gasteiger partial charge < -0.3 is 10.1 Å². The van der Waals surface area contributed by atoms with E-state index in [-0.39, 0.29) is 12.5 Å². The zero-order valence-electron chi connectivity index (χ0n) is 14.0. The van der Waals surface area contributed by atoms with Crippen LogP contribution in [0.15, 0.2) is 24.3 Å². The summed E-state index contributed by atoms with van der Waals surface area (Å²) in [6, 6.07) is 7.64. The van der Waals surface area contributed by atoms with Crippen molar-refractivity contribution in [3.05, 3.63) is 50.7 Å². The third-order valence-electron chi connectivity index (χ3n) is 4.41. The lowest BCUT2D eigenvalue weighted by molar-refractivity contribution is -0.119. The van der Waals surface area contributed by atoms with Crippen LogP contribution in [0, 0.1) is 13.8 Å². The highest BCUT2D eigenvalue weighted by Gasteiger charge is 2.19. The number of anilines is 1. The Kier molecular flexibility index (Phi) is 5.00. The molecule has 0 saturated carbocycles. The van der Waals surface area contributed by atoms with Gasteiger partial charge in [0.15, 0.2) is 6.61 Å². The van der Waals surface area contributed by atoms with Crippen molar-refractivity contribution in [2.75, 3.05) is 11.9 Å². The smallest absolute Gasteiger partial charge is 0.348 e. The Morgan fingerprint density at radius 3 is 2.79 bits per heavy atom. The summed E-state index contributed by atoms with van der Waals surface area (Å²) >= 11 is 1.50. The number of thiophene rings is 1. The van der Waals surface area contributed by atoms with Gasteiger partial charge >= 0.3 is 5.97 Å². The second-order valence-electron chi connectivity index (χ2n) is 6.14. The molecule has 24 heavy (non-hydrogen) atoms. The van der Waals surface area contributed by atoms with E-state index in [9.17, 15) is 9.59 Å². The first-order valence-electron chi connectivity index (χ1n) is 8.19. The second kappa shape index (κ2) is 7.18. The third-order valence-corrected chi connectivity index (χ3v) is 5.63. The van der Waals surface area contributed by atoms with Gasteiger partial charge in [-0.05, 0) is 68.4 Å². The molecule has 0 spiro atoms. The molecule has 0 bridgehead atoms. The minimum absolute atomic E-state index is 0.269. The minimum atomic E-state index is -0.412. The van der Waals surface area contributed by atoms with E-state index in [2.05, 4.69) is 5.32 Å². The van der Waals surface area contributed by atoms with Crippen molar-refractivity contribution < 1.29 is 14.3 Å².